The number of hydrogen-bond acceptors (Lipinski definition) is 3. The van der Waals surface area contributed by atoms with Crippen molar-refractivity contribution in [2.75, 3.05) is 0 Å². The average molecular weight is 450 g/mol. The van der Waals surface area contributed by atoms with Crippen LogP contribution in [0.4, 0.5) is 18.9 Å². The molecule has 0 aliphatic heterocycles. The molecule has 9 heteroatoms. The number of phenols is 1. The first-order valence-corrected chi connectivity index (χ1v) is 6.45. The number of aliphatic imine (C=N–C) groups is 1. The molecule has 0 unspecified atom stereocenters. The number of benzene rings is 2. The molecule has 126 valence electrons. The van der Waals surface area contributed by atoms with Crippen molar-refractivity contribution in [1.82, 2.24) is 0 Å². The van der Waals surface area contributed by atoms with E-state index in [1.165, 1.54) is 18.3 Å². The van der Waals surface area contributed by atoms with Gasteiger partial charge in [-0.3, -0.25) is 4.99 Å². The van der Waals surface area contributed by atoms with E-state index in [1.54, 1.807) is 30.3 Å². The second kappa shape index (κ2) is 11.3. The Labute approximate surface area is 154 Å². The summed E-state index contributed by atoms with van der Waals surface area (Å²) >= 11 is 0.700. The third-order valence-electron chi connectivity index (χ3n) is 2.48. The molecule has 0 bridgehead atoms. The standard InChI is InChI=1S/C14H10F3NO.2ClH.Mo.O/c15-14(16,17)12-8-4-5-10(13(12)19)9-18-11-6-2-1-3-7-11;;;;/h1-9,19H;2*1H;;. The Morgan fingerprint density at radius 2 is 1.52 bits per heavy atom. The molecule has 1 N–H and O–H groups in total. The number of alkyl halides is 3. The van der Waals surface area contributed by atoms with Gasteiger partial charge < -0.3 is 5.11 Å². The first-order chi connectivity index (χ1) is 9.98. The van der Waals surface area contributed by atoms with E-state index in [0.717, 1.165) is 6.07 Å². The van der Waals surface area contributed by atoms with Crippen LogP contribution in [0.1, 0.15) is 11.1 Å². The number of nitrogens with zero attached hydrogens (tertiary/aromatic N) is 1. The summed E-state index contributed by atoms with van der Waals surface area (Å²) in [5.74, 6) is -0.810. The van der Waals surface area contributed by atoms with E-state index in [0.29, 0.717) is 25.5 Å². The van der Waals surface area contributed by atoms with Gasteiger partial charge >= 0.3 is 29.4 Å². The van der Waals surface area contributed by atoms with E-state index in [9.17, 15) is 18.3 Å². The van der Waals surface area contributed by atoms with Gasteiger partial charge in [0.05, 0.1) is 11.3 Å². The molecule has 0 amide bonds. The third kappa shape index (κ3) is 7.25. The molecule has 3 nitrogen and oxygen atoms in total. The van der Waals surface area contributed by atoms with E-state index in [4.69, 9.17) is 3.40 Å². The molecule has 0 aliphatic carbocycles. The molecule has 0 spiro atoms. The summed E-state index contributed by atoms with van der Waals surface area (Å²) in [6.07, 6.45) is -3.37. The normalized spacial score (nSPS) is 10.0. The van der Waals surface area contributed by atoms with Crippen molar-refractivity contribution < 1.29 is 41.5 Å². The van der Waals surface area contributed by atoms with Crippen molar-refractivity contribution in [3.63, 3.8) is 0 Å². The first kappa shape index (κ1) is 24.0. The van der Waals surface area contributed by atoms with Crippen molar-refractivity contribution in [3.8, 4) is 5.75 Å². The Bertz CT molecular complexity index is 625. The predicted octanol–water partition coefficient (Wildman–Crippen LogP) is 4.88. The molecule has 2 aromatic carbocycles. The Morgan fingerprint density at radius 3 is 2.04 bits per heavy atom. The Hall–Kier alpha value is -1.23. The van der Waals surface area contributed by atoms with Crippen LogP contribution in [-0.4, -0.2) is 11.3 Å². The minimum atomic E-state index is -4.58. The number of halogens is 5. The summed E-state index contributed by atoms with van der Waals surface area (Å²) in [6, 6.07) is 12.2. The predicted molar refractivity (Wildman–Crippen MR) is 82.0 cm³/mol. The van der Waals surface area contributed by atoms with Gasteiger partial charge in [-0.05, 0) is 24.3 Å². The van der Waals surface area contributed by atoms with E-state index in [2.05, 4.69) is 4.99 Å². The van der Waals surface area contributed by atoms with Crippen LogP contribution < -0.4 is 0 Å². The van der Waals surface area contributed by atoms with Crippen molar-refractivity contribution in [1.29, 1.82) is 0 Å². The van der Waals surface area contributed by atoms with Crippen LogP contribution in [0.15, 0.2) is 53.5 Å². The second-order valence-electron chi connectivity index (χ2n) is 3.83. The molecule has 0 aromatic heterocycles. The van der Waals surface area contributed by atoms with Gasteiger partial charge in [-0.15, -0.1) is 24.8 Å². The van der Waals surface area contributed by atoms with Crippen LogP contribution in [0.3, 0.4) is 0 Å². The van der Waals surface area contributed by atoms with Crippen LogP contribution in [0, 0.1) is 0 Å². The van der Waals surface area contributed by atoms with Crippen molar-refractivity contribution in [3.05, 3.63) is 59.7 Å². The first-order valence-electron chi connectivity index (χ1n) is 5.63. The van der Waals surface area contributed by atoms with Gasteiger partial charge in [0.2, 0.25) is 0 Å². The second-order valence-corrected chi connectivity index (χ2v) is 3.83. The molecule has 2 aromatic rings. The Morgan fingerprint density at radius 1 is 0.957 bits per heavy atom. The molecule has 2 rings (SSSR count). The van der Waals surface area contributed by atoms with Crippen molar-refractivity contribution in [2.45, 2.75) is 6.18 Å². The van der Waals surface area contributed by atoms with E-state index in [-0.39, 0.29) is 30.4 Å². The van der Waals surface area contributed by atoms with Crippen LogP contribution in [-0.2, 0) is 29.4 Å². The third-order valence-corrected chi connectivity index (χ3v) is 2.48. The number of rotatable bonds is 2. The summed E-state index contributed by atoms with van der Waals surface area (Å²) in [5.41, 5.74) is -0.442. The molecule has 0 heterocycles. The fourth-order valence-corrected chi connectivity index (χ4v) is 1.55. The Balaban J connectivity index is 0. The van der Waals surface area contributed by atoms with Gasteiger partial charge in [-0.1, -0.05) is 24.3 Å². The van der Waals surface area contributed by atoms with E-state index >= 15 is 0 Å². The molecule has 0 atom stereocenters. The molecule has 23 heavy (non-hydrogen) atoms. The zero-order valence-corrected chi connectivity index (χ0v) is 15.0. The summed E-state index contributed by atoms with van der Waals surface area (Å²) < 4.78 is 46.0. The monoisotopic (exact) mass is 451 g/mol. The number of phenolic OH excluding ortho intramolecular Hbond substituents is 1. The van der Waals surface area contributed by atoms with Crippen molar-refractivity contribution >= 4 is 36.7 Å². The van der Waals surface area contributed by atoms with Gasteiger partial charge in [-0.25, -0.2) is 0 Å². The van der Waals surface area contributed by atoms with Crippen molar-refractivity contribution in [2.24, 2.45) is 4.99 Å². The summed E-state index contributed by atoms with van der Waals surface area (Å²) in [7, 11) is 0. The van der Waals surface area contributed by atoms with Crippen LogP contribution >= 0.6 is 24.8 Å². The van der Waals surface area contributed by atoms with Gasteiger partial charge in [0.1, 0.15) is 5.75 Å². The number of para-hydroxylation sites is 2. The molecule has 0 saturated heterocycles. The van der Waals surface area contributed by atoms with Gasteiger partial charge in [0.25, 0.3) is 0 Å². The summed E-state index contributed by atoms with van der Waals surface area (Å²) in [6.45, 7) is 0. The molecule has 0 fully saturated rings. The fourth-order valence-electron chi connectivity index (χ4n) is 1.55. The fraction of sp³-hybridized carbons (Fsp3) is 0.0714. The van der Waals surface area contributed by atoms with Crippen LogP contribution in [0.2, 0.25) is 0 Å². The topological polar surface area (TPSA) is 49.7 Å². The molecular weight excluding hydrogens is 438 g/mol. The zero-order valence-electron chi connectivity index (χ0n) is 11.4. The molecular formula is C14H12Cl2F3MoNO2. The maximum atomic E-state index is 12.6. The van der Waals surface area contributed by atoms with Gasteiger partial charge in [0, 0.05) is 11.8 Å². The van der Waals surface area contributed by atoms with E-state index in [1.807, 2.05) is 0 Å². The maximum absolute atomic E-state index is 12.6. The van der Waals surface area contributed by atoms with Crippen LogP contribution in [0.5, 0.6) is 5.75 Å². The number of hydrogen-bond donors (Lipinski definition) is 1. The quantitative estimate of drug-likeness (QED) is 0.524. The molecule has 0 saturated carbocycles. The zero-order chi connectivity index (χ0) is 15.9. The van der Waals surface area contributed by atoms with Gasteiger partial charge in [0.15, 0.2) is 0 Å². The van der Waals surface area contributed by atoms with E-state index < -0.39 is 17.5 Å². The number of aromatic hydroxyl groups is 1. The molecule has 0 radical (unpaired) electrons. The minimum absolute atomic E-state index is 0. The SMILES string of the molecule is Cl.Cl.Oc1c(C=Nc2ccccc2)cccc1C(F)(F)F.[O]=[Mo]. The Kier molecular flexibility index (Phi) is 11.8. The average Bonchev–Trinajstić information content (AvgIpc) is 2.48. The van der Waals surface area contributed by atoms with Crippen LogP contribution in [0.25, 0.3) is 0 Å². The van der Waals surface area contributed by atoms with Gasteiger partial charge in [-0.2, -0.15) is 13.2 Å². The summed E-state index contributed by atoms with van der Waals surface area (Å²) in [5, 5.41) is 9.59. The summed E-state index contributed by atoms with van der Waals surface area (Å²) in [4.78, 5) is 4.01. The molecule has 0 aliphatic rings.